The van der Waals surface area contributed by atoms with Crippen molar-refractivity contribution < 1.29 is 42.4 Å². The van der Waals surface area contributed by atoms with Crippen LogP contribution in [0.25, 0.3) is 21.8 Å². The minimum absolute atomic E-state index is 0.0381. The molecule has 0 saturated carbocycles. The maximum Gasteiger partial charge on any atom is 0.573 e. The number of nitrogens with zero attached hydrogens (tertiary/aromatic N) is 1. The minimum atomic E-state index is -4.85. The summed E-state index contributed by atoms with van der Waals surface area (Å²) in [5.74, 6) is -2.34. The Hall–Kier alpha value is -3.96. The van der Waals surface area contributed by atoms with Gasteiger partial charge in [-0.1, -0.05) is 29.8 Å². The molecule has 1 aromatic heterocycles. The van der Waals surface area contributed by atoms with Crippen LogP contribution in [0, 0.1) is 0 Å². The number of aromatic nitrogens is 1. The first-order valence-corrected chi connectivity index (χ1v) is 10.3. The lowest BCUT2D eigenvalue weighted by atomic mass is 10.1. The van der Waals surface area contributed by atoms with E-state index in [-0.39, 0.29) is 22.9 Å². The first-order valence-electron chi connectivity index (χ1n) is 9.94. The summed E-state index contributed by atoms with van der Waals surface area (Å²) in [4.78, 5) is 33.0. The molecular weight excluding hydrogens is 493 g/mol. The highest BCUT2D eigenvalue weighted by atomic mass is 35.5. The normalized spacial score (nSPS) is 11.7. The van der Waals surface area contributed by atoms with Crippen molar-refractivity contribution in [3.05, 3.63) is 70.7 Å². The molecule has 0 spiro atoms. The third-order valence-electron chi connectivity index (χ3n) is 5.01. The standard InChI is InChI=1S/C23H16ClF3N2O6/c24-15-7-8-17(35-33-11-18(30)31)20-19-14(22(28)32)5-2-6-16(19)29(21(15)20)10-12-3-1-4-13(9-12)34-23(25,26)27/h1-9H,10-11H2,(H2,28,32)(H,30,31). The number of hydrogen-bond acceptors (Lipinski definition) is 5. The molecule has 8 nitrogen and oxygen atoms in total. The number of nitrogens with two attached hydrogens (primary N) is 1. The molecule has 0 unspecified atom stereocenters. The molecule has 12 heteroatoms. The van der Waals surface area contributed by atoms with Gasteiger partial charge in [-0.25, -0.2) is 4.79 Å². The monoisotopic (exact) mass is 508 g/mol. The number of carbonyl (C=O) groups excluding carboxylic acids is 1. The van der Waals surface area contributed by atoms with Gasteiger partial charge in [0.25, 0.3) is 0 Å². The fourth-order valence-corrected chi connectivity index (χ4v) is 4.07. The number of hydrogen-bond donors (Lipinski definition) is 2. The van der Waals surface area contributed by atoms with Gasteiger partial charge in [-0.05, 0) is 42.0 Å². The fraction of sp³-hybridized carbons (Fsp3) is 0.130. The highest BCUT2D eigenvalue weighted by Gasteiger charge is 2.31. The summed E-state index contributed by atoms with van der Waals surface area (Å²) < 4.78 is 43.7. The van der Waals surface area contributed by atoms with Crippen molar-refractivity contribution in [2.24, 2.45) is 5.73 Å². The zero-order valence-electron chi connectivity index (χ0n) is 17.6. The molecule has 0 fully saturated rings. The summed E-state index contributed by atoms with van der Waals surface area (Å²) >= 11 is 6.51. The van der Waals surface area contributed by atoms with Crippen LogP contribution in [-0.4, -0.2) is 34.5 Å². The Morgan fingerprint density at radius 3 is 2.49 bits per heavy atom. The van der Waals surface area contributed by atoms with Crippen molar-refractivity contribution in [2.75, 3.05) is 6.61 Å². The molecule has 0 radical (unpaired) electrons. The number of carbonyl (C=O) groups is 2. The van der Waals surface area contributed by atoms with Crippen molar-refractivity contribution in [2.45, 2.75) is 12.9 Å². The van der Waals surface area contributed by atoms with Gasteiger partial charge >= 0.3 is 12.3 Å². The molecule has 3 N–H and O–H groups in total. The SMILES string of the molecule is NC(=O)c1cccc2c1c1c(OOCC(=O)O)ccc(Cl)c1n2Cc1cccc(OC(F)(F)F)c1. The fourth-order valence-electron chi connectivity index (χ4n) is 3.81. The Labute approximate surface area is 200 Å². The Balaban J connectivity index is 1.92. The van der Waals surface area contributed by atoms with Gasteiger partial charge in [0.1, 0.15) is 5.75 Å². The lowest BCUT2D eigenvalue weighted by molar-refractivity contribution is -0.274. The maximum absolute atomic E-state index is 12.7. The van der Waals surface area contributed by atoms with E-state index in [1.165, 1.54) is 36.4 Å². The number of alkyl halides is 3. The maximum atomic E-state index is 12.7. The van der Waals surface area contributed by atoms with Gasteiger partial charge in [0.2, 0.25) is 5.91 Å². The Morgan fingerprint density at radius 1 is 1.06 bits per heavy atom. The highest BCUT2D eigenvalue weighted by molar-refractivity contribution is 6.37. The van der Waals surface area contributed by atoms with E-state index in [4.69, 9.17) is 32.2 Å². The molecular formula is C23H16ClF3N2O6. The summed E-state index contributed by atoms with van der Waals surface area (Å²) in [6.45, 7) is -0.714. The molecule has 0 atom stereocenters. The largest absolute Gasteiger partial charge is 0.573 e. The van der Waals surface area contributed by atoms with E-state index in [9.17, 15) is 22.8 Å². The molecule has 4 rings (SSSR count). The minimum Gasteiger partial charge on any atom is -0.479 e. The zero-order valence-corrected chi connectivity index (χ0v) is 18.4. The second-order valence-electron chi connectivity index (χ2n) is 7.35. The molecule has 1 amide bonds. The number of benzene rings is 3. The van der Waals surface area contributed by atoms with Crippen LogP contribution in [0.1, 0.15) is 15.9 Å². The van der Waals surface area contributed by atoms with E-state index in [1.54, 1.807) is 22.8 Å². The third kappa shape index (κ3) is 5.10. The van der Waals surface area contributed by atoms with Gasteiger partial charge in [-0.2, -0.15) is 4.89 Å². The van der Waals surface area contributed by atoms with Gasteiger partial charge in [0.05, 0.1) is 21.4 Å². The second-order valence-corrected chi connectivity index (χ2v) is 7.76. The van der Waals surface area contributed by atoms with E-state index in [2.05, 4.69) is 4.74 Å². The number of primary amides is 1. The lowest BCUT2D eigenvalue weighted by Gasteiger charge is -2.12. The molecule has 35 heavy (non-hydrogen) atoms. The number of amides is 1. The molecule has 0 aliphatic rings. The predicted molar refractivity (Wildman–Crippen MR) is 119 cm³/mol. The number of ether oxygens (including phenoxy) is 1. The Bertz CT molecular complexity index is 1450. The topological polar surface area (TPSA) is 113 Å². The van der Waals surface area contributed by atoms with Crippen LogP contribution in [0.4, 0.5) is 13.2 Å². The van der Waals surface area contributed by atoms with Crippen molar-refractivity contribution in [1.82, 2.24) is 4.57 Å². The number of carboxylic acid groups (broad SMARTS) is 1. The van der Waals surface area contributed by atoms with Gasteiger partial charge in [0, 0.05) is 17.5 Å². The number of fused-ring (bicyclic) bond motifs is 3. The summed E-state index contributed by atoms with van der Waals surface area (Å²) in [6, 6.07) is 13.1. The first kappa shape index (κ1) is 24.2. The van der Waals surface area contributed by atoms with E-state index in [0.717, 1.165) is 0 Å². The van der Waals surface area contributed by atoms with E-state index >= 15 is 0 Å². The molecule has 0 aliphatic heterocycles. The van der Waals surface area contributed by atoms with Gasteiger partial charge in [0.15, 0.2) is 12.4 Å². The van der Waals surface area contributed by atoms with Crippen LogP contribution >= 0.6 is 11.6 Å². The van der Waals surface area contributed by atoms with Crippen molar-refractivity contribution in [3.63, 3.8) is 0 Å². The Morgan fingerprint density at radius 2 is 1.80 bits per heavy atom. The molecule has 4 aromatic rings. The Kier molecular flexibility index (Phi) is 6.46. The molecule has 0 aliphatic carbocycles. The lowest BCUT2D eigenvalue weighted by Crippen LogP contribution is -2.17. The number of halogens is 4. The smallest absolute Gasteiger partial charge is 0.479 e. The third-order valence-corrected chi connectivity index (χ3v) is 5.32. The molecule has 3 aromatic carbocycles. The molecule has 0 bridgehead atoms. The quantitative estimate of drug-likeness (QED) is 0.259. The average molecular weight is 509 g/mol. The summed E-state index contributed by atoms with van der Waals surface area (Å²) in [6.07, 6.45) is -4.85. The van der Waals surface area contributed by atoms with Gasteiger partial charge < -0.3 is 25.0 Å². The number of carboxylic acids is 1. The van der Waals surface area contributed by atoms with Crippen LogP contribution in [0.2, 0.25) is 5.02 Å². The van der Waals surface area contributed by atoms with Crippen LogP contribution in [0.15, 0.2) is 54.6 Å². The van der Waals surface area contributed by atoms with E-state index < -0.39 is 30.6 Å². The molecule has 0 saturated heterocycles. The molecule has 1 heterocycles. The van der Waals surface area contributed by atoms with Gasteiger partial charge in [-0.3, -0.25) is 4.79 Å². The number of aliphatic carboxylic acids is 1. The van der Waals surface area contributed by atoms with Crippen molar-refractivity contribution in [3.8, 4) is 11.5 Å². The summed E-state index contributed by atoms with van der Waals surface area (Å²) in [5.41, 5.74) is 7.01. The zero-order chi connectivity index (χ0) is 25.3. The van der Waals surface area contributed by atoms with Crippen LogP contribution in [0.5, 0.6) is 11.5 Å². The summed E-state index contributed by atoms with van der Waals surface area (Å²) in [5, 5.41) is 9.73. The first-order chi connectivity index (χ1) is 16.5. The highest BCUT2D eigenvalue weighted by Crippen LogP contribution is 2.41. The van der Waals surface area contributed by atoms with Crippen molar-refractivity contribution >= 4 is 45.3 Å². The number of rotatable bonds is 8. The van der Waals surface area contributed by atoms with Crippen LogP contribution < -0.4 is 15.4 Å². The predicted octanol–water partition coefficient (Wildman–Crippen LogP) is 4.89. The van der Waals surface area contributed by atoms with Gasteiger partial charge in [-0.15, -0.1) is 13.2 Å². The van der Waals surface area contributed by atoms with E-state index in [1.807, 2.05) is 0 Å². The van der Waals surface area contributed by atoms with E-state index in [0.29, 0.717) is 27.4 Å². The van der Waals surface area contributed by atoms with Crippen molar-refractivity contribution in [1.29, 1.82) is 0 Å². The second kappa shape index (κ2) is 9.35. The van der Waals surface area contributed by atoms with Crippen LogP contribution in [0.3, 0.4) is 0 Å². The molecule has 182 valence electrons. The average Bonchev–Trinajstić information content (AvgIpc) is 3.09. The van der Waals surface area contributed by atoms with Crippen LogP contribution in [-0.2, 0) is 16.2 Å². The summed E-state index contributed by atoms with van der Waals surface area (Å²) in [7, 11) is 0.